The fraction of sp³-hybridized carbons (Fsp3) is 0.188. The summed E-state index contributed by atoms with van der Waals surface area (Å²) in [6.45, 7) is 0.181. The number of hydrogen-bond acceptors (Lipinski definition) is 4. The summed E-state index contributed by atoms with van der Waals surface area (Å²) in [6, 6.07) is 12.3. The van der Waals surface area contributed by atoms with E-state index in [0.717, 1.165) is 5.56 Å². The van der Waals surface area contributed by atoms with Crippen LogP contribution >= 0.6 is 0 Å². The molecule has 0 heterocycles. The minimum atomic E-state index is -3.70. The predicted octanol–water partition coefficient (Wildman–Crippen LogP) is 2.21. The molecule has 0 atom stereocenters. The van der Waals surface area contributed by atoms with Crippen LogP contribution in [0.15, 0.2) is 53.4 Å². The maximum Gasteiger partial charge on any atom is 0.335 e. The van der Waals surface area contributed by atoms with Gasteiger partial charge >= 0.3 is 5.97 Å². The molecule has 0 saturated carbocycles. The van der Waals surface area contributed by atoms with Gasteiger partial charge in [-0.2, -0.15) is 4.31 Å². The highest BCUT2D eigenvalue weighted by molar-refractivity contribution is 7.89. The van der Waals surface area contributed by atoms with Crippen LogP contribution in [0.5, 0.6) is 5.75 Å². The highest BCUT2D eigenvalue weighted by Crippen LogP contribution is 2.19. The van der Waals surface area contributed by atoms with Crippen molar-refractivity contribution in [3.05, 3.63) is 59.7 Å². The third-order valence-electron chi connectivity index (χ3n) is 3.35. The van der Waals surface area contributed by atoms with Crippen molar-refractivity contribution in [2.75, 3.05) is 14.2 Å². The smallest absolute Gasteiger partial charge is 0.335 e. The van der Waals surface area contributed by atoms with Crippen LogP contribution in [-0.4, -0.2) is 38.0 Å². The molecule has 7 heteroatoms. The zero-order valence-electron chi connectivity index (χ0n) is 12.8. The van der Waals surface area contributed by atoms with Gasteiger partial charge in [0, 0.05) is 13.6 Å². The molecular formula is C16H17NO5S. The van der Waals surface area contributed by atoms with Gasteiger partial charge in [-0.05, 0) is 42.0 Å². The van der Waals surface area contributed by atoms with Gasteiger partial charge in [0.2, 0.25) is 10.0 Å². The number of carbonyl (C=O) groups is 1. The SMILES string of the molecule is COc1cccc(CN(C)S(=O)(=O)c2ccc(C(=O)O)cc2)c1. The quantitative estimate of drug-likeness (QED) is 0.875. The first-order chi connectivity index (χ1) is 10.8. The minimum absolute atomic E-state index is 0.0411. The molecule has 0 amide bonds. The van der Waals surface area contributed by atoms with E-state index >= 15 is 0 Å². The fourth-order valence-corrected chi connectivity index (χ4v) is 3.22. The zero-order valence-corrected chi connectivity index (χ0v) is 13.6. The summed E-state index contributed by atoms with van der Waals surface area (Å²) in [5.41, 5.74) is 0.831. The van der Waals surface area contributed by atoms with Gasteiger partial charge in [-0.1, -0.05) is 12.1 Å². The van der Waals surface area contributed by atoms with Crippen molar-refractivity contribution in [3.63, 3.8) is 0 Å². The van der Waals surface area contributed by atoms with E-state index in [1.54, 1.807) is 25.3 Å². The van der Waals surface area contributed by atoms with E-state index in [9.17, 15) is 13.2 Å². The van der Waals surface area contributed by atoms with E-state index in [1.807, 2.05) is 6.07 Å². The molecule has 0 aromatic heterocycles. The Morgan fingerprint density at radius 1 is 1.17 bits per heavy atom. The van der Waals surface area contributed by atoms with E-state index < -0.39 is 16.0 Å². The van der Waals surface area contributed by atoms with Crippen molar-refractivity contribution in [2.45, 2.75) is 11.4 Å². The van der Waals surface area contributed by atoms with E-state index in [-0.39, 0.29) is 17.0 Å². The lowest BCUT2D eigenvalue weighted by Crippen LogP contribution is -2.26. The van der Waals surface area contributed by atoms with E-state index in [4.69, 9.17) is 9.84 Å². The standard InChI is InChI=1S/C16H17NO5S/c1-17(11-12-4-3-5-14(10-12)22-2)23(20,21)15-8-6-13(7-9-15)16(18)19/h3-10H,11H2,1-2H3,(H,18,19). The molecule has 0 bridgehead atoms. The lowest BCUT2D eigenvalue weighted by atomic mass is 10.2. The average Bonchev–Trinajstić information content (AvgIpc) is 2.55. The number of carboxylic acid groups (broad SMARTS) is 1. The molecule has 2 rings (SSSR count). The summed E-state index contributed by atoms with van der Waals surface area (Å²) < 4.78 is 31.4. The summed E-state index contributed by atoms with van der Waals surface area (Å²) in [6.07, 6.45) is 0. The van der Waals surface area contributed by atoms with Crippen LogP contribution in [0.25, 0.3) is 0 Å². The van der Waals surface area contributed by atoms with Crippen molar-refractivity contribution >= 4 is 16.0 Å². The van der Waals surface area contributed by atoms with Crippen molar-refractivity contribution in [2.24, 2.45) is 0 Å². The average molecular weight is 335 g/mol. The number of ether oxygens (including phenoxy) is 1. The van der Waals surface area contributed by atoms with Crippen LogP contribution in [-0.2, 0) is 16.6 Å². The van der Waals surface area contributed by atoms with E-state index in [2.05, 4.69) is 0 Å². The first kappa shape index (κ1) is 17.0. The number of nitrogens with zero attached hydrogens (tertiary/aromatic N) is 1. The molecule has 0 radical (unpaired) electrons. The number of rotatable bonds is 6. The van der Waals surface area contributed by atoms with Gasteiger partial charge in [0.05, 0.1) is 17.6 Å². The topological polar surface area (TPSA) is 83.9 Å². The number of methoxy groups -OCH3 is 1. The normalized spacial score (nSPS) is 11.4. The molecule has 2 aromatic rings. The van der Waals surface area contributed by atoms with Gasteiger partial charge in [0.1, 0.15) is 5.75 Å². The van der Waals surface area contributed by atoms with Crippen LogP contribution in [0, 0.1) is 0 Å². The van der Waals surface area contributed by atoms with Crippen LogP contribution in [0.2, 0.25) is 0 Å². The molecule has 0 aliphatic carbocycles. The summed E-state index contributed by atoms with van der Waals surface area (Å²) in [5.74, 6) is -0.446. The molecule has 2 aromatic carbocycles. The van der Waals surface area contributed by atoms with Gasteiger partial charge in [-0.3, -0.25) is 0 Å². The molecular weight excluding hydrogens is 318 g/mol. The third-order valence-corrected chi connectivity index (χ3v) is 5.17. The second-order valence-corrected chi connectivity index (χ2v) is 6.99. The second kappa shape index (κ2) is 6.80. The first-order valence-electron chi connectivity index (χ1n) is 6.77. The number of sulfonamides is 1. The fourth-order valence-electron chi connectivity index (χ4n) is 2.06. The Morgan fingerprint density at radius 3 is 2.39 bits per heavy atom. The van der Waals surface area contributed by atoms with Gasteiger partial charge < -0.3 is 9.84 Å². The maximum absolute atomic E-state index is 12.5. The number of hydrogen-bond donors (Lipinski definition) is 1. The molecule has 6 nitrogen and oxygen atoms in total. The number of aromatic carboxylic acids is 1. The molecule has 23 heavy (non-hydrogen) atoms. The maximum atomic E-state index is 12.5. The van der Waals surface area contributed by atoms with E-state index in [0.29, 0.717) is 5.75 Å². The predicted molar refractivity (Wildman–Crippen MR) is 85.0 cm³/mol. The monoisotopic (exact) mass is 335 g/mol. The lowest BCUT2D eigenvalue weighted by molar-refractivity contribution is 0.0696. The minimum Gasteiger partial charge on any atom is -0.497 e. The largest absolute Gasteiger partial charge is 0.497 e. The summed E-state index contributed by atoms with van der Waals surface area (Å²) >= 11 is 0. The van der Waals surface area contributed by atoms with Crippen LogP contribution in [0.4, 0.5) is 0 Å². The van der Waals surface area contributed by atoms with Crippen molar-refractivity contribution < 1.29 is 23.1 Å². The molecule has 0 spiro atoms. The molecule has 0 unspecified atom stereocenters. The molecule has 0 fully saturated rings. The Kier molecular flexibility index (Phi) is 5.02. The zero-order chi connectivity index (χ0) is 17.0. The van der Waals surface area contributed by atoms with Crippen LogP contribution < -0.4 is 4.74 Å². The Balaban J connectivity index is 2.22. The Labute approximate surface area is 135 Å². The molecule has 0 aliphatic heterocycles. The Morgan fingerprint density at radius 2 is 1.83 bits per heavy atom. The van der Waals surface area contributed by atoms with Gasteiger partial charge in [-0.15, -0.1) is 0 Å². The highest BCUT2D eigenvalue weighted by Gasteiger charge is 2.21. The van der Waals surface area contributed by atoms with Gasteiger partial charge in [0.15, 0.2) is 0 Å². The number of benzene rings is 2. The second-order valence-electron chi connectivity index (χ2n) is 4.94. The van der Waals surface area contributed by atoms with Gasteiger partial charge in [0.25, 0.3) is 0 Å². The molecule has 0 aliphatic rings. The van der Waals surface area contributed by atoms with Gasteiger partial charge in [-0.25, -0.2) is 13.2 Å². The first-order valence-corrected chi connectivity index (χ1v) is 8.21. The molecule has 122 valence electrons. The summed E-state index contributed by atoms with van der Waals surface area (Å²) in [7, 11) is -0.682. The lowest BCUT2D eigenvalue weighted by Gasteiger charge is -2.17. The van der Waals surface area contributed by atoms with E-state index in [1.165, 1.54) is 35.6 Å². The Hall–Kier alpha value is -2.38. The summed E-state index contributed by atoms with van der Waals surface area (Å²) in [5, 5.41) is 8.86. The molecule has 1 N–H and O–H groups in total. The summed E-state index contributed by atoms with van der Waals surface area (Å²) in [4.78, 5) is 10.9. The molecule has 0 saturated heterocycles. The van der Waals surface area contributed by atoms with Crippen molar-refractivity contribution in [1.82, 2.24) is 4.31 Å². The third kappa shape index (κ3) is 3.88. The Bertz CT molecular complexity index is 799. The highest BCUT2D eigenvalue weighted by atomic mass is 32.2. The van der Waals surface area contributed by atoms with Crippen LogP contribution in [0.1, 0.15) is 15.9 Å². The van der Waals surface area contributed by atoms with Crippen molar-refractivity contribution in [3.8, 4) is 5.75 Å². The van der Waals surface area contributed by atoms with Crippen LogP contribution in [0.3, 0.4) is 0 Å². The number of carboxylic acids is 1. The van der Waals surface area contributed by atoms with Crippen molar-refractivity contribution in [1.29, 1.82) is 0 Å².